The smallest absolute Gasteiger partial charge is 0.266 e. The number of hydrogen-bond acceptors (Lipinski definition) is 5. The zero-order valence-electron chi connectivity index (χ0n) is 12.6. The molecule has 2 aromatic rings. The molecule has 6 nitrogen and oxygen atoms in total. The lowest BCUT2D eigenvalue weighted by Crippen LogP contribution is -2.43. The van der Waals surface area contributed by atoms with Crippen LogP contribution in [0, 0.1) is 16.2 Å². The summed E-state index contributed by atoms with van der Waals surface area (Å²) in [6.45, 7) is 1.72. The van der Waals surface area contributed by atoms with E-state index in [-0.39, 0.29) is 16.8 Å². The van der Waals surface area contributed by atoms with Crippen molar-refractivity contribution in [3.05, 3.63) is 28.6 Å². The van der Waals surface area contributed by atoms with Gasteiger partial charge >= 0.3 is 0 Å². The van der Waals surface area contributed by atoms with E-state index < -0.39 is 0 Å². The van der Waals surface area contributed by atoms with E-state index in [2.05, 4.69) is 11.1 Å². The Balaban J connectivity index is 1.88. The fraction of sp³-hybridized carbons (Fsp3) is 0.438. The molecular formula is C16H17N3O3S. The van der Waals surface area contributed by atoms with Crippen LogP contribution in [0.5, 0.6) is 0 Å². The summed E-state index contributed by atoms with van der Waals surface area (Å²) < 4.78 is 10.7. The molecular weight excluding hydrogens is 314 g/mol. The minimum absolute atomic E-state index is 0.0867. The molecule has 0 bridgehead atoms. The van der Waals surface area contributed by atoms with E-state index in [1.807, 2.05) is 0 Å². The van der Waals surface area contributed by atoms with Crippen LogP contribution >= 0.6 is 12.2 Å². The van der Waals surface area contributed by atoms with Crippen LogP contribution < -0.4 is 0 Å². The SMILES string of the molecule is N#CCCN(C(=O)c1ccc2[nH]c(=S)oc2c1)C1CCOCC1. The number of nitrogens with zero attached hydrogens (tertiary/aromatic N) is 2. The van der Waals surface area contributed by atoms with Gasteiger partial charge < -0.3 is 19.0 Å². The fourth-order valence-electron chi connectivity index (χ4n) is 2.86. The molecule has 1 aromatic heterocycles. The van der Waals surface area contributed by atoms with Crippen molar-refractivity contribution in [1.82, 2.24) is 9.88 Å². The largest absolute Gasteiger partial charge is 0.429 e. The summed E-state index contributed by atoms with van der Waals surface area (Å²) in [6.07, 6.45) is 1.91. The number of nitriles is 1. The number of H-pyrrole nitrogens is 1. The average Bonchev–Trinajstić information content (AvgIpc) is 2.95. The van der Waals surface area contributed by atoms with Crippen molar-refractivity contribution in [2.45, 2.75) is 25.3 Å². The van der Waals surface area contributed by atoms with Gasteiger partial charge in [-0.2, -0.15) is 5.26 Å². The summed E-state index contributed by atoms with van der Waals surface area (Å²) >= 11 is 4.97. The number of fused-ring (bicyclic) bond motifs is 1. The summed E-state index contributed by atoms with van der Waals surface area (Å²) in [5.74, 6) is -0.0867. The van der Waals surface area contributed by atoms with Gasteiger partial charge in [0, 0.05) is 31.4 Å². The lowest BCUT2D eigenvalue weighted by atomic mass is 10.0. The standard InChI is InChI=1S/C16H17N3O3S/c17-6-1-7-19(12-4-8-21-9-5-12)15(20)11-2-3-13-14(10-11)22-16(23)18-13/h2-3,10,12H,1,4-5,7-9H2,(H,18,23). The number of hydrogen-bond donors (Lipinski definition) is 1. The zero-order chi connectivity index (χ0) is 16.2. The second kappa shape index (κ2) is 6.94. The van der Waals surface area contributed by atoms with Gasteiger partial charge in [-0.3, -0.25) is 4.79 Å². The molecule has 0 spiro atoms. The molecule has 0 radical (unpaired) electrons. The maximum atomic E-state index is 12.9. The van der Waals surface area contributed by atoms with Crippen LogP contribution in [0.3, 0.4) is 0 Å². The Hall–Kier alpha value is -2.17. The highest BCUT2D eigenvalue weighted by Gasteiger charge is 2.26. The highest BCUT2D eigenvalue weighted by molar-refractivity contribution is 7.71. The van der Waals surface area contributed by atoms with Crippen molar-refractivity contribution in [1.29, 1.82) is 5.26 Å². The highest BCUT2D eigenvalue weighted by Crippen LogP contribution is 2.21. The predicted molar refractivity (Wildman–Crippen MR) is 86.5 cm³/mol. The van der Waals surface area contributed by atoms with E-state index >= 15 is 0 Å². The van der Waals surface area contributed by atoms with Gasteiger partial charge in [-0.05, 0) is 43.3 Å². The molecule has 0 aliphatic carbocycles. The Kier molecular flexibility index (Phi) is 4.74. The first kappa shape index (κ1) is 15.7. The van der Waals surface area contributed by atoms with Gasteiger partial charge in [0.15, 0.2) is 5.58 Å². The molecule has 1 aliphatic heterocycles. The third kappa shape index (κ3) is 3.44. The van der Waals surface area contributed by atoms with Crippen LogP contribution in [0.2, 0.25) is 0 Å². The van der Waals surface area contributed by atoms with Crippen LogP contribution in [0.25, 0.3) is 11.1 Å². The molecule has 1 aliphatic rings. The number of aromatic amines is 1. The van der Waals surface area contributed by atoms with Gasteiger partial charge in [0.2, 0.25) is 0 Å². The highest BCUT2D eigenvalue weighted by atomic mass is 32.1. The molecule has 0 unspecified atom stereocenters. The third-order valence-electron chi connectivity index (χ3n) is 4.02. The molecule has 1 aromatic carbocycles. The van der Waals surface area contributed by atoms with E-state index in [0.717, 1.165) is 18.4 Å². The summed E-state index contributed by atoms with van der Waals surface area (Å²) in [7, 11) is 0. The molecule has 3 rings (SSSR count). The lowest BCUT2D eigenvalue weighted by molar-refractivity contribution is 0.0296. The second-order valence-electron chi connectivity index (χ2n) is 5.48. The van der Waals surface area contributed by atoms with Crippen molar-refractivity contribution in [3.8, 4) is 6.07 Å². The molecule has 0 saturated carbocycles. The molecule has 1 N–H and O–H groups in total. The van der Waals surface area contributed by atoms with Gasteiger partial charge in [0.05, 0.1) is 18.0 Å². The van der Waals surface area contributed by atoms with Crippen LogP contribution in [0.1, 0.15) is 29.6 Å². The molecule has 1 amide bonds. The van der Waals surface area contributed by atoms with E-state index in [1.54, 1.807) is 23.1 Å². The molecule has 1 saturated heterocycles. The number of ether oxygens (including phenoxy) is 1. The Bertz CT molecular complexity index is 799. The van der Waals surface area contributed by atoms with Gasteiger partial charge in [-0.1, -0.05) is 0 Å². The maximum absolute atomic E-state index is 12.9. The number of rotatable bonds is 4. The Labute approximate surface area is 138 Å². The number of carbonyl (C=O) groups excluding carboxylic acids is 1. The molecule has 0 atom stereocenters. The number of oxazole rings is 1. The number of nitrogens with one attached hydrogen (secondary N) is 1. The first-order valence-electron chi connectivity index (χ1n) is 7.57. The minimum Gasteiger partial charge on any atom is -0.429 e. The Morgan fingerprint density at radius 1 is 1.43 bits per heavy atom. The average molecular weight is 331 g/mol. The van der Waals surface area contributed by atoms with E-state index in [4.69, 9.17) is 26.6 Å². The topological polar surface area (TPSA) is 82.3 Å². The van der Waals surface area contributed by atoms with Crippen LogP contribution in [0.15, 0.2) is 22.6 Å². The minimum atomic E-state index is -0.0867. The second-order valence-corrected chi connectivity index (χ2v) is 5.85. The number of amides is 1. The van der Waals surface area contributed by atoms with Crippen molar-refractivity contribution in [2.75, 3.05) is 19.8 Å². The van der Waals surface area contributed by atoms with Gasteiger partial charge in [0.1, 0.15) is 0 Å². The Morgan fingerprint density at radius 3 is 2.96 bits per heavy atom. The van der Waals surface area contributed by atoms with Gasteiger partial charge in [-0.15, -0.1) is 0 Å². The first-order chi connectivity index (χ1) is 11.2. The molecule has 2 heterocycles. The molecule has 1 fully saturated rings. The molecule has 7 heteroatoms. The van der Waals surface area contributed by atoms with Crippen LogP contribution in [-0.4, -0.2) is 41.6 Å². The van der Waals surface area contributed by atoms with Crippen molar-refractivity contribution < 1.29 is 13.9 Å². The zero-order valence-corrected chi connectivity index (χ0v) is 13.4. The quantitative estimate of drug-likeness (QED) is 0.871. The molecule has 23 heavy (non-hydrogen) atoms. The van der Waals surface area contributed by atoms with E-state index in [1.165, 1.54) is 0 Å². The lowest BCUT2D eigenvalue weighted by Gasteiger charge is -2.34. The summed E-state index contributed by atoms with van der Waals surface area (Å²) in [6, 6.07) is 7.46. The van der Waals surface area contributed by atoms with Crippen molar-refractivity contribution >= 4 is 29.2 Å². The van der Waals surface area contributed by atoms with Crippen LogP contribution in [0.4, 0.5) is 0 Å². The van der Waals surface area contributed by atoms with Crippen molar-refractivity contribution in [3.63, 3.8) is 0 Å². The third-order valence-corrected chi connectivity index (χ3v) is 4.21. The summed E-state index contributed by atoms with van der Waals surface area (Å²) in [4.78, 5) is 17.9. The first-order valence-corrected chi connectivity index (χ1v) is 7.98. The summed E-state index contributed by atoms with van der Waals surface area (Å²) in [5, 5.41) is 8.87. The van der Waals surface area contributed by atoms with E-state index in [0.29, 0.717) is 37.3 Å². The van der Waals surface area contributed by atoms with E-state index in [9.17, 15) is 4.79 Å². The molecule has 120 valence electrons. The maximum Gasteiger partial charge on any atom is 0.266 e. The summed E-state index contributed by atoms with van der Waals surface area (Å²) in [5.41, 5.74) is 1.87. The van der Waals surface area contributed by atoms with Crippen LogP contribution in [-0.2, 0) is 4.74 Å². The normalized spacial score (nSPS) is 15.4. The van der Waals surface area contributed by atoms with Crippen molar-refractivity contribution in [2.24, 2.45) is 0 Å². The fourth-order valence-corrected chi connectivity index (χ4v) is 3.06. The number of carbonyl (C=O) groups is 1. The monoisotopic (exact) mass is 331 g/mol. The number of benzene rings is 1. The predicted octanol–water partition coefficient (Wildman–Crippen LogP) is 3.03. The Morgan fingerprint density at radius 2 is 2.22 bits per heavy atom. The van der Waals surface area contributed by atoms with Gasteiger partial charge in [0.25, 0.3) is 10.7 Å². The van der Waals surface area contributed by atoms with Gasteiger partial charge in [-0.25, -0.2) is 0 Å². The number of aromatic nitrogens is 1.